The molecule has 0 spiro atoms. The van der Waals surface area contributed by atoms with E-state index in [1.807, 2.05) is 30.3 Å². The number of hydrogen-bond acceptors (Lipinski definition) is 8. The molecule has 2 heterocycles. The number of fused-ring (bicyclic) bond motifs is 1. The van der Waals surface area contributed by atoms with Gasteiger partial charge >= 0.3 is 0 Å². The predicted molar refractivity (Wildman–Crippen MR) is 114 cm³/mol. The molecule has 3 rings (SSSR count). The molecular weight excluding hydrogens is 416 g/mol. The van der Waals surface area contributed by atoms with E-state index in [1.54, 1.807) is 13.8 Å². The fourth-order valence-corrected chi connectivity index (χ4v) is 3.54. The minimum absolute atomic E-state index is 0.0496. The summed E-state index contributed by atoms with van der Waals surface area (Å²) in [7, 11) is 1.52. The zero-order valence-corrected chi connectivity index (χ0v) is 18.5. The van der Waals surface area contributed by atoms with Crippen LogP contribution in [0, 0.1) is 23.7 Å². The van der Waals surface area contributed by atoms with Crippen LogP contribution in [0.1, 0.15) is 25.7 Å². The smallest absolute Gasteiger partial charge is 0.186 e. The summed E-state index contributed by atoms with van der Waals surface area (Å²) in [4.78, 5) is 0. The molecule has 0 amide bonds. The summed E-state index contributed by atoms with van der Waals surface area (Å²) in [6.45, 7) is 3.56. The van der Waals surface area contributed by atoms with E-state index in [9.17, 15) is 10.2 Å². The lowest BCUT2D eigenvalue weighted by Crippen LogP contribution is -2.63. The van der Waals surface area contributed by atoms with E-state index in [-0.39, 0.29) is 19.8 Å². The molecule has 0 aromatic heterocycles. The topological polar surface area (TPSA) is 95.8 Å². The van der Waals surface area contributed by atoms with Gasteiger partial charge in [0.2, 0.25) is 0 Å². The van der Waals surface area contributed by atoms with Gasteiger partial charge in [-0.05, 0) is 13.8 Å². The first kappa shape index (κ1) is 24.7. The van der Waals surface area contributed by atoms with Gasteiger partial charge in [0.25, 0.3) is 0 Å². The van der Waals surface area contributed by atoms with Crippen LogP contribution in [0.2, 0.25) is 0 Å². The summed E-state index contributed by atoms with van der Waals surface area (Å²) in [6, 6.07) is 9.61. The Morgan fingerprint density at radius 3 is 2.19 bits per heavy atom. The van der Waals surface area contributed by atoms with Gasteiger partial charge in [0, 0.05) is 12.7 Å². The summed E-state index contributed by atoms with van der Waals surface area (Å²) in [5.74, 6) is 10.9. The highest BCUT2D eigenvalue weighted by molar-refractivity contribution is 5.17. The monoisotopic (exact) mass is 446 g/mol. The lowest BCUT2D eigenvalue weighted by Gasteiger charge is -2.48. The minimum atomic E-state index is -0.753. The second-order valence-electron chi connectivity index (χ2n) is 7.50. The van der Waals surface area contributed by atoms with Crippen LogP contribution in [0.3, 0.4) is 0 Å². The highest BCUT2D eigenvalue weighted by atomic mass is 16.8. The quantitative estimate of drug-likeness (QED) is 0.626. The zero-order chi connectivity index (χ0) is 22.9. The van der Waals surface area contributed by atoms with Crippen molar-refractivity contribution in [1.29, 1.82) is 0 Å². The summed E-state index contributed by atoms with van der Waals surface area (Å²) in [5, 5.41) is 18.7. The first-order valence-corrected chi connectivity index (χ1v) is 10.6. The third-order valence-corrected chi connectivity index (χ3v) is 4.91. The third kappa shape index (κ3) is 6.76. The Morgan fingerprint density at radius 1 is 0.969 bits per heavy atom. The van der Waals surface area contributed by atoms with Crippen molar-refractivity contribution in [2.45, 2.75) is 63.1 Å². The van der Waals surface area contributed by atoms with Gasteiger partial charge in [0.15, 0.2) is 12.6 Å². The van der Waals surface area contributed by atoms with E-state index >= 15 is 0 Å². The van der Waals surface area contributed by atoms with Crippen LogP contribution in [0.25, 0.3) is 0 Å². The van der Waals surface area contributed by atoms with E-state index in [0.717, 1.165) is 5.56 Å². The molecule has 2 saturated heterocycles. The molecule has 2 aliphatic rings. The van der Waals surface area contributed by atoms with Crippen molar-refractivity contribution >= 4 is 0 Å². The number of benzene rings is 1. The van der Waals surface area contributed by atoms with E-state index < -0.39 is 49.2 Å². The van der Waals surface area contributed by atoms with Crippen molar-refractivity contribution in [1.82, 2.24) is 0 Å². The van der Waals surface area contributed by atoms with Gasteiger partial charge in [-0.15, -0.1) is 0 Å². The van der Waals surface area contributed by atoms with Crippen LogP contribution in [0.4, 0.5) is 0 Å². The van der Waals surface area contributed by atoms with Gasteiger partial charge in [-0.1, -0.05) is 54.0 Å². The van der Waals surface area contributed by atoms with Crippen LogP contribution >= 0.6 is 0 Å². The van der Waals surface area contributed by atoms with Crippen molar-refractivity contribution in [3.63, 3.8) is 0 Å². The largest absolute Gasteiger partial charge is 0.381 e. The van der Waals surface area contributed by atoms with E-state index in [4.69, 9.17) is 28.4 Å². The summed E-state index contributed by atoms with van der Waals surface area (Å²) in [6.07, 6.45) is -5.01. The molecule has 2 fully saturated rings. The fourth-order valence-electron chi connectivity index (χ4n) is 3.54. The molecule has 0 aliphatic carbocycles. The maximum atomic E-state index is 9.39. The van der Waals surface area contributed by atoms with Crippen molar-refractivity contribution in [2.24, 2.45) is 0 Å². The Bertz CT molecular complexity index is 819. The number of methoxy groups -OCH3 is 1. The number of rotatable bonds is 6. The predicted octanol–water partition coefficient (Wildman–Crippen LogP) is 1.01. The van der Waals surface area contributed by atoms with Gasteiger partial charge in [-0.3, -0.25) is 0 Å². The lowest BCUT2D eigenvalue weighted by atomic mass is 9.97. The highest BCUT2D eigenvalue weighted by Crippen LogP contribution is 2.36. The van der Waals surface area contributed by atoms with Gasteiger partial charge in [0.05, 0.1) is 6.61 Å². The second-order valence-corrected chi connectivity index (χ2v) is 7.50. The molecule has 3 unspecified atom stereocenters. The second kappa shape index (κ2) is 12.3. The fraction of sp³-hybridized carbons (Fsp3) is 0.583. The lowest BCUT2D eigenvalue weighted by molar-refractivity contribution is -0.365. The maximum Gasteiger partial charge on any atom is 0.186 e. The molecule has 8 nitrogen and oxygen atoms in total. The zero-order valence-electron chi connectivity index (χ0n) is 18.5. The number of hydrogen-bond donors (Lipinski definition) is 2. The van der Waals surface area contributed by atoms with Crippen molar-refractivity contribution < 1.29 is 38.6 Å². The van der Waals surface area contributed by atoms with Crippen molar-refractivity contribution in [3.05, 3.63) is 35.9 Å². The van der Waals surface area contributed by atoms with E-state index in [0.29, 0.717) is 0 Å². The number of aliphatic hydroxyl groups is 2. The van der Waals surface area contributed by atoms with Gasteiger partial charge in [0.1, 0.15) is 49.8 Å². The van der Waals surface area contributed by atoms with Crippen LogP contribution < -0.4 is 0 Å². The molecule has 0 saturated carbocycles. The van der Waals surface area contributed by atoms with Crippen LogP contribution in [-0.2, 0) is 28.4 Å². The van der Waals surface area contributed by atoms with Crippen LogP contribution in [0.5, 0.6) is 0 Å². The Balaban J connectivity index is 1.80. The highest BCUT2D eigenvalue weighted by Gasteiger charge is 2.51. The first-order valence-electron chi connectivity index (χ1n) is 10.6. The molecule has 2 N–H and O–H groups in total. The van der Waals surface area contributed by atoms with Crippen LogP contribution in [-0.4, -0.2) is 80.1 Å². The Hall–Kier alpha value is -1.98. The molecule has 8 heteroatoms. The summed E-state index contributed by atoms with van der Waals surface area (Å²) < 4.78 is 35.7. The first-order chi connectivity index (χ1) is 15.5. The molecule has 174 valence electrons. The standard InChI is InChI=1S/C24H30O8/c1-16(25)9-7-13-28-21-20-19(15-30-23(32-20)18-11-5-4-6-12-18)31-24(27-3)22(21)29-14-8-10-17(2)26/h4-6,11-12,16-17,19-26H,13-15H2,1-3H3/t16?,17?,19-,20-,21+,22-,23?,24+/m1/s1. The van der Waals surface area contributed by atoms with E-state index in [2.05, 4.69) is 23.7 Å². The Morgan fingerprint density at radius 2 is 1.59 bits per heavy atom. The normalized spacial score (nSPS) is 31.3. The van der Waals surface area contributed by atoms with Crippen molar-refractivity contribution in [3.8, 4) is 23.7 Å². The third-order valence-electron chi connectivity index (χ3n) is 4.91. The SMILES string of the molecule is CO[C@H]1O[C@@H]2COC(c3ccccc3)O[C@H]2[C@H](OCC#CC(C)O)[C@H]1OCC#CC(C)O. The molecular formula is C24H30O8. The molecule has 1 aromatic carbocycles. The summed E-state index contributed by atoms with van der Waals surface area (Å²) in [5.41, 5.74) is 0.882. The molecule has 8 atom stereocenters. The molecule has 32 heavy (non-hydrogen) atoms. The molecule has 0 radical (unpaired) electrons. The Labute approximate surface area is 188 Å². The van der Waals surface area contributed by atoms with Gasteiger partial charge in [-0.25, -0.2) is 0 Å². The number of ether oxygens (including phenoxy) is 6. The molecule has 0 bridgehead atoms. The van der Waals surface area contributed by atoms with Crippen molar-refractivity contribution in [2.75, 3.05) is 26.9 Å². The van der Waals surface area contributed by atoms with Gasteiger partial charge < -0.3 is 38.6 Å². The molecule has 1 aromatic rings. The molecule has 2 aliphatic heterocycles. The Kier molecular flexibility index (Phi) is 9.49. The van der Waals surface area contributed by atoms with Crippen LogP contribution in [0.15, 0.2) is 30.3 Å². The maximum absolute atomic E-state index is 9.39. The average Bonchev–Trinajstić information content (AvgIpc) is 2.79. The van der Waals surface area contributed by atoms with E-state index in [1.165, 1.54) is 7.11 Å². The average molecular weight is 446 g/mol. The number of aliphatic hydroxyl groups excluding tert-OH is 2. The minimum Gasteiger partial charge on any atom is -0.381 e. The van der Waals surface area contributed by atoms with Gasteiger partial charge in [-0.2, -0.15) is 0 Å². The summed E-state index contributed by atoms with van der Waals surface area (Å²) >= 11 is 0.